The Morgan fingerprint density at radius 2 is 2.18 bits per heavy atom. The van der Waals surface area contributed by atoms with Crippen molar-refractivity contribution in [3.63, 3.8) is 0 Å². The summed E-state index contributed by atoms with van der Waals surface area (Å²) in [7, 11) is 1.82. The number of likely N-dealkylation sites (tertiary alicyclic amines) is 1. The fourth-order valence-electron chi connectivity index (χ4n) is 2.83. The molecule has 2 aromatic heterocycles. The number of aryl methyl sites for hydroxylation is 1. The number of hydrogen-bond acceptors (Lipinski definition) is 4. The van der Waals surface area contributed by atoms with Gasteiger partial charge in [0.1, 0.15) is 11.4 Å². The van der Waals surface area contributed by atoms with Gasteiger partial charge in [-0.1, -0.05) is 12.5 Å². The van der Waals surface area contributed by atoms with E-state index in [1.54, 1.807) is 16.0 Å². The molecule has 0 bridgehead atoms. The first kappa shape index (κ1) is 15.2. The van der Waals surface area contributed by atoms with Crippen LogP contribution in [-0.4, -0.2) is 46.8 Å². The van der Waals surface area contributed by atoms with Crippen LogP contribution in [0.3, 0.4) is 0 Å². The molecular weight excluding hydrogens is 296 g/mol. The third-order valence-corrected chi connectivity index (χ3v) is 4.94. The average Bonchev–Trinajstić information content (AvgIpc) is 3.17. The van der Waals surface area contributed by atoms with Crippen LogP contribution in [0.1, 0.15) is 29.8 Å². The lowest BCUT2D eigenvalue weighted by Gasteiger charge is -2.26. The van der Waals surface area contributed by atoms with Crippen molar-refractivity contribution in [1.82, 2.24) is 20.0 Å². The predicted molar refractivity (Wildman–Crippen MR) is 89.1 cm³/mol. The maximum Gasteiger partial charge on any atom is 0.269 e. The molecule has 0 radical (unpaired) electrons. The zero-order chi connectivity index (χ0) is 15.4. The molecule has 1 saturated heterocycles. The van der Waals surface area contributed by atoms with Crippen LogP contribution in [0.25, 0.3) is 10.6 Å². The summed E-state index contributed by atoms with van der Waals surface area (Å²) in [5.41, 5.74) is 1.47. The predicted octanol–water partition coefficient (Wildman–Crippen LogP) is 2.36. The fraction of sp³-hybridized carbons (Fsp3) is 0.500. The topological polar surface area (TPSA) is 50.2 Å². The van der Waals surface area contributed by atoms with E-state index >= 15 is 0 Å². The van der Waals surface area contributed by atoms with E-state index in [9.17, 15) is 4.79 Å². The molecule has 1 N–H and O–H groups in total. The summed E-state index contributed by atoms with van der Waals surface area (Å²) in [5.74, 6) is -0.0465. The fourth-order valence-corrected chi connectivity index (χ4v) is 3.51. The lowest BCUT2D eigenvalue weighted by atomic mass is 10.1. The van der Waals surface area contributed by atoms with Gasteiger partial charge in [-0.2, -0.15) is 5.10 Å². The Morgan fingerprint density at radius 3 is 2.91 bits per heavy atom. The lowest BCUT2D eigenvalue weighted by molar-refractivity contribution is 0.0937. The van der Waals surface area contributed by atoms with Crippen molar-refractivity contribution in [2.75, 3.05) is 26.2 Å². The summed E-state index contributed by atoms with van der Waals surface area (Å²) in [6, 6.07) is 5.88. The Morgan fingerprint density at radius 1 is 1.36 bits per heavy atom. The van der Waals surface area contributed by atoms with Crippen LogP contribution in [0.2, 0.25) is 0 Å². The van der Waals surface area contributed by atoms with Gasteiger partial charge in [-0.3, -0.25) is 9.48 Å². The standard InChI is InChI=1S/C16H22N4OS/c1-19-14(12-13(18-19)15-6-5-11-22-15)16(21)17-7-10-20-8-3-2-4-9-20/h5-6,11-12H,2-4,7-10H2,1H3,(H,17,21). The van der Waals surface area contributed by atoms with Crippen LogP contribution in [0.4, 0.5) is 0 Å². The molecule has 0 unspecified atom stereocenters. The Kier molecular flexibility index (Phi) is 4.90. The number of carbonyl (C=O) groups excluding carboxylic acids is 1. The first-order valence-corrected chi connectivity index (χ1v) is 8.70. The van der Waals surface area contributed by atoms with Crippen molar-refractivity contribution < 1.29 is 4.79 Å². The van der Waals surface area contributed by atoms with Gasteiger partial charge in [0.05, 0.1) is 4.88 Å². The van der Waals surface area contributed by atoms with E-state index in [2.05, 4.69) is 15.3 Å². The molecule has 1 aliphatic rings. The van der Waals surface area contributed by atoms with Crippen molar-refractivity contribution in [2.45, 2.75) is 19.3 Å². The minimum absolute atomic E-state index is 0.0465. The molecule has 118 valence electrons. The summed E-state index contributed by atoms with van der Waals surface area (Å²) in [6.45, 7) is 3.94. The van der Waals surface area contributed by atoms with Crippen LogP contribution in [0.5, 0.6) is 0 Å². The smallest absolute Gasteiger partial charge is 0.269 e. The van der Waals surface area contributed by atoms with Gasteiger partial charge in [0.25, 0.3) is 5.91 Å². The van der Waals surface area contributed by atoms with E-state index in [0.717, 1.165) is 30.2 Å². The van der Waals surface area contributed by atoms with Gasteiger partial charge in [-0.25, -0.2) is 0 Å². The second-order valence-corrected chi connectivity index (χ2v) is 6.62. The Hall–Kier alpha value is -1.66. The van der Waals surface area contributed by atoms with Gasteiger partial charge >= 0.3 is 0 Å². The molecule has 0 spiro atoms. The Balaban J connectivity index is 1.55. The van der Waals surface area contributed by atoms with Crippen molar-refractivity contribution >= 4 is 17.2 Å². The molecule has 1 amide bonds. The highest BCUT2D eigenvalue weighted by molar-refractivity contribution is 7.13. The van der Waals surface area contributed by atoms with Gasteiger partial charge in [0.15, 0.2) is 0 Å². The number of hydrogen-bond donors (Lipinski definition) is 1. The van der Waals surface area contributed by atoms with Gasteiger partial charge in [-0.05, 0) is 43.4 Å². The number of rotatable bonds is 5. The van der Waals surface area contributed by atoms with Crippen molar-refractivity contribution in [1.29, 1.82) is 0 Å². The number of thiophene rings is 1. The quantitative estimate of drug-likeness (QED) is 0.921. The molecule has 6 heteroatoms. The molecule has 0 aromatic carbocycles. The molecule has 3 heterocycles. The van der Waals surface area contributed by atoms with Crippen molar-refractivity contribution in [3.8, 4) is 10.6 Å². The Bertz CT molecular complexity index is 614. The summed E-state index contributed by atoms with van der Waals surface area (Å²) < 4.78 is 1.66. The molecule has 0 aliphatic carbocycles. The number of nitrogens with one attached hydrogen (secondary N) is 1. The first-order valence-electron chi connectivity index (χ1n) is 7.82. The largest absolute Gasteiger partial charge is 0.349 e. The molecule has 1 aliphatic heterocycles. The van der Waals surface area contributed by atoms with Gasteiger partial charge < -0.3 is 10.2 Å². The van der Waals surface area contributed by atoms with E-state index in [4.69, 9.17) is 0 Å². The minimum atomic E-state index is -0.0465. The zero-order valence-electron chi connectivity index (χ0n) is 12.9. The van der Waals surface area contributed by atoms with E-state index in [-0.39, 0.29) is 5.91 Å². The molecule has 22 heavy (non-hydrogen) atoms. The number of piperidine rings is 1. The third-order valence-electron chi connectivity index (χ3n) is 4.05. The van der Waals surface area contributed by atoms with Crippen LogP contribution in [-0.2, 0) is 7.05 Å². The summed E-state index contributed by atoms with van der Waals surface area (Å²) in [5, 5.41) is 9.45. The lowest BCUT2D eigenvalue weighted by Crippen LogP contribution is -2.38. The maximum atomic E-state index is 12.3. The van der Waals surface area contributed by atoms with Crippen LogP contribution in [0, 0.1) is 0 Å². The summed E-state index contributed by atoms with van der Waals surface area (Å²) in [6.07, 6.45) is 3.89. The molecule has 5 nitrogen and oxygen atoms in total. The highest BCUT2D eigenvalue weighted by Crippen LogP contribution is 2.23. The molecule has 2 aromatic rings. The highest BCUT2D eigenvalue weighted by Gasteiger charge is 2.15. The first-order chi connectivity index (χ1) is 10.7. The summed E-state index contributed by atoms with van der Waals surface area (Å²) >= 11 is 1.63. The number of carbonyl (C=O) groups is 1. The van der Waals surface area contributed by atoms with Crippen LogP contribution < -0.4 is 5.32 Å². The maximum absolute atomic E-state index is 12.3. The normalized spacial score (nSPS) is 15.9. The summed E-state index contributed by atoms with van der Waals surface area (Å²) in [4.78, 5) is 15.8. The van der Waals surface area contributed by atoms with E-state index < -0.39 is 0 Å². The average molecular weight is 318 g/mol. The minimum Gasteiger partial charge on any atom is -0.349 e. The number of amides is 1. The SMILES string of the molecule is Cn1nc(-c2cccs2)cc1C(=O)NCCN1CCCCC1. The van der Waals surface area contributed by atoms with Crippen LogP contribution >= 0.6 is 11.3 Å². The van der Waals surface area contributed by atoms with E-state index in [0.29, 0.717) is 12.2 Å². The van der Waals surface area contributed by atoms with Crippen molar-refractivity contribution in [2.24, 2.45) is 7.05 Å². The third kappa shape index (κ3) is 3.56. The molecular formula is C16H22N4OS. The van der Waals surface area contributed by atoms with Crippen molar-refractivity contribution in [3.05, 3.63) is 29.3 Å². The molecule has 0 atom stereocenters. The second-order valence-electron chi connectivity index (χ2n) is 5.67. The Labute approximate surface area is 134 Å². The number of nitrogens with zero attached hydrogens (tertiary/aromatic N) is 3. The monoisotopic (exact) mass is 318 g/mol. The highest BCUT2D eigenvalue weighted by atomic mass is 32.1. The molecule has 3 rings (SSSR count). The van der Waals surface area contributed by atoms with Gasteiger partial charge in [0.2, 0.25) is 0 Å². The van der Waals surface area contributed by atoms with Gasteiger partial charge in [-0.15, -0.1) is 11.3 Å². The second kappa shape index (κ2) is 7.07. The number of aromatic nitrogens is 2. The van der Waals surface area contributed by atoms with E-state index in [1.165, 1.54) is 19.3 Å². The zero-order valence-corrected chi connectivity index (χ0v) is 13.7. The van der Waals surface area contributed by atoms with Crippen LogP contribution in [0.15, 0.2) is 23.6 Å². The molecule has 0 saturated carbocycles. The molecule has 1 fully saturated rings. The van der Waals surface area contributed by atoms with Gasteiger partial charge in [0, 0.05) is 20.1 Å². The van der Waals surface area contributed by atoms with E-state index in [1.807, 2.05) is 30.6 Å².